The Labute approximate surface area is 168 Å². The number of piperidine rings is 2. The van der Waals surface area contributed by atoms with Gasteiger partial charge in [0.25, 0.3) is 0 Å². The number of hydrogen-bond donors (Lipinski definition) is 1. The number of carbonyl (C=O) groups is 1. The number of halogens is 1. The third-order valence-corrected chi connectivity index (χ3v) is 6.66. The van der Waals surface area contributed by atoms with Crippen LogP contribution >= 0.6 is 11.6 Å². The maximum absolute atomic E-state index is 12.0. The molecule has 1 aromatic carbocycles. The van der Waals surface area contributed by atoms with Gasteiger partial charge in [0.1, 0.15) is 0 Å². The largest absolute Gasteiger partial charge is 0.371 e. The van der Waals surface area contributed by atoms with Crippen LogP contribution in [0.2, 0.25) is 5.02 Å². The van der Waals surface area contributed by atoms with Gasteiger partial charge in [0.15, 0.2) is 0 Å². The summed E-state index contributed by atoms with van der Waals surface area (Å²) < 4.78 is 0. The molecule has 27 heavy (non-hydrogen) atoms. The van der Waals surface area contributed by atoms with Gasteiger partial charge in [0, 0.05) is 48.8 Å². The summed E-state index contributed by atoms with van der Waals surface area (Å²) in [5, 5.41) is 3.94. The van der Waals surface area contributed by atoms with Gasteiger partial charge in [-0.1, -0.05) is 17.7 Å². The smallest absolute Gasteiger partial charge is 0.220 e. The Morgan fingerprint density at radius 3 is 2.67 bits per heavy atom. The second kappa shape index (κ2) is 8.83. The first kappa shape index (κ1) is 19.1. The SMILES string of the molecule is O=C(CC[C@H]1CCCN(C2CCN(c3cccc(Cl)c3)CC2)C1)NC1CC1. The summed E-state index contributed by atoms with van der Waals surface area (Å²) in [5.41, 5.74) is 1.25. The summed E-state index contributed by atoms with van der Waals surface area (Å²) in [6.45, 7) is 4.62. The van der Waals surface area contributed by atoms with Crippen LogP contribution in [0.5, 0.6) is 0 Å². The summed E-state index contributed by atoms with van der Waals surface area (Å²) in [5.74, 6) is 0.958. The highest BCUT2D eigenvalue weighted by Crippen LogP contribution is 2.29. The second-order valence-corrected chi connectivity index (χ2v) is 9.02. The molecule has 0 unspecified atom stereocenters. The van der Waals surface area contributed by atoms with Crippen LogP contribution in [0, 0.1) is 5.92 Å². The lowest BCUT2D eigenvalue weighted by Gasteiger charge is -2.43. The van der Waals surface area contributed by atoms with Crippen molar-refractivity contribution in [3.05, 3.63) is 29.3 Å². The Kier molecular flexibility index (Phi) is 6.24. The van der Waals surface area contributed by atoms with Crippen LogP contribution in [0.4, 0.5) is 5.69 Å². The molecule has 3 aliphatic rings. The quantitative estimate of drug-likeness (QED) is 0.796. The Hall–Kier alpha value is -1.26. The minimum atomic E-state index is 0.268. The van der Waals surface area contributed by atoms with Gasteiger partial charge >= 0.3 is 0 Å². The van der Waals surface area contributed by atoms with Crippen LogP contribution in [0.1, 0.15) is 51.4 Å². The predicted octanol–water partition coefficient (Wildman–Crippen LogP) is 4.08. The Bertz CT molecular complexity index is 640. The summed E-state index contributed by atoms with van der Waals surface area (Å²) >= 11 is 6.15. The molecule has 1 atom stereocenters. The van der Waals surface area contributed by atoms with Gasteiger partial charge in [0.05, 0.1) is 0 Å². The van der Waals surface area contributed by atoms with Crippen molar-refractivity contribution >= 4 is 23.2 Å². The third-order valence-electron chi connectivity index (χ3n) is 6.43. The van der Waals surface area contributed by atoms with Gasteiger partial charge in [-0.15, -0.1) is 0 Å². The van der Waals surface area contributed by atoms with E-state index in [1.54, 1.807) is 0 Å². The number of nitrogens with zero attached hydrogens (tertiary/aromatic N) is 2. The number of hydrogen-bond acceptors (Lipinski definition) is 3. The van der Waals surface area contributed by atoms with Crippen LogP contribution in [-0.2, 0) is 4.79 Å². The minimum Gasteiger partial charge on any atom is -0.371 e. The fourth-order valence-corrected chi connectivity index (χ4v) is 4.87. The molecule has 1 aliphatic carbocycles. The van der Waals surface area contributed by atoms with E-state index in [0.29, 0.717) is 24.4 Å². The molecule has 1 saturated carbocycles. The molecular weight excluding hydrogens is 358 g/mol. The average molecular weight is 390 g/mol. The lowest BCUT2D eigenvalue weighted by atomic mass is 9.90. The standard InChI is InChI=1S/C22H32ClN3O/c23-18-4-1-5-21(15-18)25-13-10-20(11-14-25)26-12-2-3-17(16-26)6-9-22(27)24-19-7-8-19/h1,4-5,15,17,19-20H,2-3,6-14,16H2,(H,24,27)/t17-/m1/s1. The first-order chi connectivity index (χ1) is 13.2. The van der Waals surface area contributed by atoms with Crippen molar-refractivity contribution in [2.45, 2.75) is 63.5 Å². The monoisotopic (exact) mass is 389 g/mol. The Morgan fingerprint density at radius 2 is 1.93 bits per heavy atom. The zero-order valence-corrected chi connectivity index (χ0v) is 17.0. The minimum absolute atomic E-state index is 0.268. The lowest BCUT2D eigenvalue weighted by molar-refractivity contribution is -0.121. The van der Waals surface area contributed by atoms with E-state index < -0.39 is 0 Å². The summed E-state index contributed by atoms with van der Waals surface area (Å²) in [6.07, 6.45) is 9.13. The molecule has 1 N–H and O–H groups in total. The normalized spacial score (nSPS) is 24.8. The van der Waals surface area contributed by atoms with Crippen molar-refractivity contribution in [1.29, 1.82) is 0 Å². The molecule has 2 heterocycles. The van der Waals surface area contributed by atoms with E-state index in [0.717, 1.165) is 24.5 Å². The number of amides is 1. The average Bonchev–Trinajstić information content (AvgIpc) is 3.51. The third kappa shape index (κ3) is 5.39. The van der Waals surface area contributed by atoms with E-state index in [1.165, 1.54) is 57.3 Å². The molecule has 1 aromatic rings. The molecule has 0 bridgehead atoms. The molecule has 1 amide bonds. The molecule has 4 nitrogen and oxygen atoms in total. The molecule has 0 spiro atoms. The molecule has 2 aliphatic heterocycles. The maximum atomic E-state index is 12.0. The van der Waals surface area contributed by atoms with Crippen molar-refractivity contribution < 1.29 is 4.79 Å². The van der Waals surface area contributed by atoms with Crippen molar-refractivity contribution in [1.82, 2.24) is 10.2 Å². The van der Waals surface area contributed by atoms with Crippen molar-refractivity contribution in [3.63, 3.8) is 0 Å². The van der Waals surface area contributed by atoms with Gasteiger partial charge in [-0.25, -0.2) is 0 Å². The molecule has 4 rings (SSSR count). The molecule has 0 aromatic heterocycles. The van der Waals surface area contributed by atoms with E-state index in [1.807, 2.05) is 12.1 Å². The van der Waals surface area contributed by atoms with E-state index in [2.05, 4.69) is 27.2 Å². The molecule has 5 heteroatoms. The summed E-state index contributed by atoms with van der Waals surface area (Å²) in [7, 11) is 0. The van der Waals surface area contributed by atoms with Gasteiger partial charge in [-0.3, -0.25) is 9.69 Å². The van der Waals surface area contributed by atoms with E-state index in [-0.39, 0.29) is 5.91 Å². The number of nitrogens with one attached hydrogen (secondary N) is 1. The van der Waals surface area contributed by atoms with Crippen LogP contribution in [-0.4, -0.2) is 49.1 Å². The van der Waals surface area contributed by atoms with E-state index in [9.17, 15) is 4.79 Å². The topological polar surface area (TPSA) is 35.6 Å². The molecule has 3 fully saturated rings. The van der Waals surface area contributed by atoms with Gasteiger partial charge in [-0.2, -0.15) is 0 Å². The zero-order chi connectivity index (χ0) is 18.6. The number of rotatable bonds is 6. The highest BCUT2D eigenvalue weighted by molar-refractivity contribution is 6.30. The number of likely N-dealkylation sites (tertiary alicyclic amines) is 1. The molecule has 148 valence electrons. The first-order valence-corrected chi connectivity index (χ1v) is 11.1. The number of carbonyl (C=O) groups excluding carboxylic acids is 1. The Morgan fingerprint density at radius 1 is 1.11 bits per heavy atom. The van der Waals surface area contributed by atoms with Crippen LogP contribution < -0.4 is 10.2 Å². The predicted molar refractivity (Wildman–Crippen MR) is 111 cm³/mol. The Balaban J connectivity index is 1.22. The van der Waals surface area contributed by atoms with Crippen LogP contribution in [0.3, 0.4) is 0 Å². The number of anilines is 1. The maximum Gasteiger partial charge on any atom is 0.220 e. The van der Waals surface area contributed by atoms with Gasteiger partial charge in [-0.05, 0) is 75.6 Å². The first-order valence-electron chi connectivity index (χ1n) is 10.7. The van der Waals surface area contributed by atoms with Gasteiger partial charge in [0.2, 0.25) is 5.91 Å². The van der Waals surface area contributed by atoms with Crippen molar-refractivity contribution in [3.8, 4) is 0 Å². The summed E-state index contributed by atoms with van der Waals surface area (Å²) in [4.78, 5) is 17.1. The van der Waals surface area contributed by atoms with E-state index >= 15 is 0 Å². The fourth-order valence-electron chi connectivity index (χ4n) is 4.69. The molecule has 2 saturated heterocycles. The second-order valence-electron chi connectivity index (χ2n) is 8.58. The highest BCUT2D eigenvalue weighted by Gasteiger charge is 2.29. The van der Waals surface area contributed by atoms with Crippen molar-refractivity contribution in [2.75, 3.05) is 31.1 Å². The van der Waals surface area contributed by atoms with Crippen LogP contribution in [0.15, 0.2) is 24.3 Å². The molecular formula is C22H32ClN3O. The van der Waals surface area contributed by atoms with E-state index in [4.69, 9.17) is 11.6 Å². The zero-order valence-electron chi connectivity index (χ0n) is 16.2. The highest BCUT2D eigenvalue weighted by atomic mass is 35.5. The van der Waals surface area contributed by atoms with Gasteiger partial charge < -0.3 is 10.2 Å². The van der Waals surface area contributed by atoms with Crippen LogP contribution in [0.25, 0.3) is 0 Å². The molecule has 0 radical (unpaired) electrons. The summed E-state index contributed by atoms with van der Waals surface area (Å²) in [6, 6.07) is 9.41. The number of benzene rings is 1. The lowest BCUT2D eigenvalue weighted by Crippen LogP contribution is -2.48. The fraction of sp³-hybridized carbons (Fsp3) is 0.682. The van der Waals surface area contributed by atoms with Crippen molar-refractivity contribution in [2.24, 2.45) is 5.92 Å².